The third-order valence-corrected chi connectivity index (χ3v) is 4.28. The van der Waals surface area contributed by atoms with Crippen LogP contribution in [0.15, 0.2) is 78.9 Å². The van der Waals surface area contributed by atoms with Crippen molar-refractivity contribution in [1.82, 2.24) is 5.32 Å². The monoisotopic (exact) mass is 332 g/mol. The highest BCUT2D eigenvalue weighted by atomic mass is 16.6. The first-order valence-electron chi connectivity index (χ1n) is 8.26. The molecule has 0 amide bonds. The summed E-state index contributed by atoms with van der Waals surface area (Å²) >= 11 is 0. The number of benzene rings is 3. The lowest BCUT2D eigenvalue weighted by Crippen LogP contribution is -2.18. The SMILES string of the molecule is C[C@@H](NCc1ccccc1-c1cccc([N+](=O)[O-])c1)c1ccccc1. The van der Waals surface area contributed by atoms with E-state index in [1.807, 2.05) is 42.5 Å². The molecule has 0 radical (unpaired) electrons. The number of rotatable bonds is 6. The smallest absolute Gasteiger partial charge is 0.270 e. The molecule has 0 spiro atoms. The fraction of sp³-hybridized carbons (Fsp3) is 0.143. The van der Waals surface area contributed by atoms with Gasteiger partial charge in [-0.15, -0.1) is 0 Å². The number of hydrogen-bond donors (Lipinski definition) is 1. The normalized spacial score (nSPS) is 11.9. The van der Waals surface area contributed by atoms with E-state index in [2.05, 4.69) is 30.4 Å². The summed E-state index contributed by atoms with van der Waals surface area (Å²) in [7, 11) is 0. The summed E-state index contributed by atoms with van der Waals surface area (Å²) in [5.41, 5.74) is 4.33. The lowest BCUT2D eigenvalue weighted by Gasteiger charge is -2.16. The molecule has 3 aromatic carbocycles. The molecule has 3 aromatic rings. The predicted molar refractivity (Wildman–Crippen MR) is 100 cm³/mol. The summed E-state index contributed by atoms with van der Waals surface area (Å²) in [6, 6.07) is 25.3. The molecule has 0 unspecified atom stereocenters. The lowest BCUT2D eigenvalue weighted by atomic mass is 9.98. The Morgan fingerprint density at radius 2 is 1.68 bits per heavy atom. The van der Waals surface area contributed by atoms with E-state index in [9.17, 15) is 10.1 Å². The molecule has 25 heavy (non-hydrogen) atoms. The van der Waals surface area contributed by atoms with Gasteiger partial charge in [-0.3, -0.25) is 10.1 Å². The Morgan fingerprint density at radius 3 is 2.44 bits per heavy atom. The molecule has 0 bridgehead atoms. The van der Waals surface area contributed by atoms with Gasteiger partial charge in [-0.25, -0.2) is 0 Å². The van der Waals surface area contributed by atoms with Crippen LogP contribution in [0.2, 0.25) is 0 Å². The van der Waals surface area contributed by atoms with Gasteiger partial charge in [0.25, 0.3) is 5.69 Å². The topological polar surface area (TPSA) is 55.2 Å². The van der Waals surface area contributed by atoms with Crippen LogP contribution in [0, 0.1) is 10.1 Å². The largest absolute Gasteiger partial charge is 0.306 e. The van der Waals surface area contributed by atoms with E-state index in [-0.39, 0.29) is 16.7 Å². The van der Waals surface area contributed by atoms with Crippen molar-refractivity contribution in [1.29, 1.82) is 0 Å². The van der Waals surface area contributed by atoms with Crippen LogP contribution in [-0.4, -0.2) is 4.92 Å². The van der Waals surface area contributed by atoms with Crippen LogP contribution >= 0.6 is 0 Å². The van der Waals surface area contributed by atoms with Crippen LogP contribution in [0.4, 0.5) is 5.69 Å². The molecule has 0 aliphatic rings. The van der Waals surface area contributed by atoms with Gasteiger partial charge in [-0.2, -0.15) is 0 Å². The fourth-order valence-corrected chi connectivity index (χ4v) is 2.87. The lowest BCUT2D eigenvalue weighted by molar-refractivity contribution is -0.384. The maximum atomic E-state index is 11.0. The van der Waals surface area contributed by atoms with Gasteiger partial charge < -0.3 is 5.32 Å². The van der Waals surface area contributed by atoms with Crippen LogP contribution in [-0.2, 0) is 6.54 Å². The second kappa shape index (κ2) is 7.73. The van der Waals surface area contributed by atoms with Crippen LogP contribution in [0.5, 0.6) is 0 Å². The van der Waals surface area contributed by atoms with Crippen molar-refractivity contribution in [3.63, 3.8) is 0 Å². The number of nitrogens with zero attached hydrogens (tertiary/aromatic N) is 1. The van der Waals surface area contributed by atoms with E-state index in [1.54, 1.807) is 12.1 Å². The van der Waals surface area contributed by atoms with Crippen molar-refractivity contribution in [2.45, 2.75) is 19.5 Å². The Labute approximate surface area is 147 Å². The molecule has 0 heterocycles. The quantitative estimate of drug-likeness (QED) is 0.504. The molecule has 0 saturated heterocycles. The van der Waals surface area contributed by atoms with Gasteiger partial charge in [0.15, 0.2) is 0 Å². The van der Waals surface area contributed by atoms with E-state index in [0.717, 1.165) is 16.7 Å². The molecular formula is C21H20N2O2. The van der Waals surface area contributed by atoms with Gasteiger partial charge in [-0.1, -0.05) is 66.7 Å². The van der Waals surface area contributed by atoms with E-state index < -0.39 is 0 Å². The van der Waals surface area contributed by atoms with Gasteiger partial charge in [0, 0.05) is 24.7 Å². The van der Waals surface area contributed by atoms with Gasteiger partial charge in [-0.05, 0) is 29.2 Å². The van der Waals surface area contributed by atoms with Gasteiger partial charge in [0.2, 0.25) is 0 Å². The van der Waals surface area contributed by atoms with Crippen LogP contribution in [0.1, 0.15) is 24.1 Å². The third kappa shape index (κ3) is 4.11. The number of hydrogen-bond acceptors (Lipinski definition) is 3. The Kier molecular flexibility index (Phi) is 5.21. The molecule has 0 fully saturated rings. The maximum Gasteiger partial charge on any atom is 0.270 e. The standard InChI is InChI=1S/C21H20N2O2/c1-16(17-8-3-2-4-9-17)22-15-19-10-5-6-13-21(19)18-11-7-12-20(14-18)23(24)25/h2-14,16,22H,15H2,1H3/t16-/m1/s1. The minimum atomic E-state index is -0.359. The third-order valence-electron chi connectivity index (χ3n) is 4.28. The molecule has 0 aromatic heterocycles. The highest BCUT2D eigenvalue weighted by Gasteiger charge is 2.11. The Hall–Kier alpha value is -2.98. The zero-order chi connectivity index (χ0) is 17.6. The van der Waals surface area contributed by atoms with Crippen molar-refractivity contribution in [2.24, 2.45) is 0 Å². The first kappa shape index (κ1) is 16.9. The van der Waals surface area contributed by atoms with E-state index in [1.165, 1.54) is 11.6 Å². The molecule has 1 atom stereocenters. The van der Waals surface area contributed by atoms with Gasteiger partial charge in [0.05, 0.1) is 4.92 Å². The van der Waals surface area contributed by atoms with Crippen molar-refractivity contribution in [2.75, 3.05) is 0 Å². The average molecular weight is 332 g/mol. The number of nitrogens with one attached hydrogen (secondary N) is 1. The molecule has 4 heteroatoms. The average Bonchev–Trinajstić information content (AvgIpc) is 2.67. The number of nitro groups is 1. The predicted octanol–water partition coefficient (Wildman–Crippen LogP) is 5.11. The van der Waals surface area contributed by atoms with Crippen molar-refractivity contribution in [3.05, 3.63) is 100 Å². The molecule has 3 rings (SSSR count). The second-order valence-electron chi connectivity index (χ2n) is 5.98. The van der Waals surface area contributed by atoms with Crippen molar-refractivity contribution < 1.29 is 4.92 Å². The Morgan fingerprint density at radius 1 is 0.960 bits per heavy atom. The molecular weight excluding hydrogens is 312 g/mol. The first-order chi connectivity index (χ1) is 12.1. The molecule has 126 valence electrons. The molecule has 1 N–H and O–H groups in total. The minimum Gasteiger partial charge on any atom is -0.306 e. The van der Waals surface area contributed by atoms with Crippen LogP contribution in [0.3, 0.4) is 0 Å². The Bertz CT molecular complexity index is 863. The highest BCUT2D eigenvalue weighted by molar-refractivity contribution is 5.69. The van der Waals surface area contributed by atoms with Crippen LogP contribution < -0.4 is 5.32 Å². The maximum absolute atomic E-state index is 11.0. The fourth-order valence-electron chi connectivity index (χ4n) is 2.87. The van der Waals surface area contributed by atoms with E-state index in [4.69, 9.17) is 0 Å². The summed E-state index contributed by atoms with van der Waals surface area (Å²) in [4.78, 5) is 10.7. The zero-order valence-electron chi connectivity index (χ0n) is 14.1. The van der Waals surface area contributed by atoms with Gasteiger partial charge >= 0.3 is 0 Å². The molecule has 0 aliphatic carbocycles. The van der Waals surface area contributed by atoms with Gasteiger partial charge in [0.1, 0.15) is 0 Å². The number of non-ortho nitro benzene ring substituents is 1. The summed E-state index contributed by atoms with van der Waals surface area (Å²) in [6.45, 7) is 2.82. The van der Waals surface area contributed by atoms with Crippen LogP contribution in [0.25, 0.3) is 11.1 Å². The summed E-state index contributed by atoms with van der Waals surface area (Å²) < 4.78 is 0. The number of nitro benzene ring substituents is 1. The summed E-state index contributed by atoms with van der Waals surface area (Å²) in [5.74, 6) is 0. The molecule has 0 saturated carbocycles. The molecule has 0 aliphatic heterocycles. The summed E-state index contributed by atoms with van der Waals surface area (Å²) in [5, 5.41) is 14.6. The van der Waals surface area contributed by atoms with Crippen molar-refractivity contribution >= 4 is 5.69 Å². The minimum absolute atomic E-state index is 0.109. The first-order valence-corrected chi connectivity index (χ1v) is 8.26. The Balaban J connectivity index is 1.82. The summed E-state index contributed by atoms with van der Waals surface area (Å²) in [6.07, 6.45) is 0. The van der Waals surface area contributed by atoms with E-state index in [0.29, 0.717) is 6.54 Å². The zero-order valence-corrected chi connectivity index (χ0v) is 14.1. The highest BCUT2D eigenvalue weighted by Crippen LogP contribution is 2.27. The van der Waals surface area contributed by atoms with E-state index >= 15 is 0 Å². The second-order valence-corrected chi connectivity index (χ2v) is 5.98. The molecule has 4 nitrogen and oxygen atoms in total. The van der Waals surface area contributed by atoms with Crippen molar-refractivity contribution in [3.8, 4) is 11.1 Å².